The Hall–Kier alpha value is -0.930. The highest BCUT2D eigenvalue weighted by atomic mass is 32.2. The Labute approximate surface area is 212 Å². The first-order valence-electron chi connectivity index (χ1n) is 13.0. The molecular weight excluding hydrogens is 420 g/mol. The van der Waals surface area contributed by atoms with E-state index >= 15 is 0 Å². The summed E-state index contributed by atoms with van der Waals surface area (Å²) in [6, 6.07) is 0. The van der Waals surface area contributed by atoms with Crippen molar-refractivity contribution in [3.8, 4) is 0 Å². The van der Waals surface area contributed by atoms with Crippen LogP contribution >= 0.6 is 11.8 Å². The van der Waals surface area contributed by atoms with E-state index in [9.17, 15) is 0 Å². The molecule has 0 spiro atoms. The van der Waals surface area contributed by atoms with Gasteiger partial charge in [0.25, 0.3) is 0 Å². The maximum atomic E-state index is 4.44. The van der Waals surface area contributed by atoms with Gasteiger partial charge in [-0.3, -0.25) is 0 Å². The number of hydrogen-bond acceptors (Lipinski definition) is 3. The van der Waals surface area contributed by atoms with E-state index in [2.05, 4.69) is 103 Å². The topological polar surface area (TPSA) is 6.48 Å². The van der Waals surface area contributed by atoms with Gasteiger partial charge in [0, 0.05) is 25.8 Å². The summed E-state index contributed by atoms with van der Waals surface area (Å²) in [5, 5.41) is 0. The lowest BCUT2D eigenvalue weighted by molar-refractivity contribution is 0.213. The van der Waals surface area contributed by atoms with E-state index < -0.39 is 0 Å². The van der Waals surface area contributed by atoms with Crippen molar-refractivity contribution in [3.63, 3.8) is 0 Å². The van der Waals surface area contributed by atoms with Crippen molar-refractivity contribution in [2.75, 3.05) is 45.7 Å². The number of likely N-dealkylation sites (N-methyl/N-ethyl adjacent to an activating group) is 2. The van der Waals surface area contributed by atoms with Crippen molar-refractivity contribution in [2.45, 2.75) is 79.6 Å². The molecule has 33 heavy (non-hydrogen) atoms. The van der Waals surface area contributed by atoms with Gasteiger partial charge in [-0.1, -0.05) is 90.0 Å². The molecule has 0 aromatic rings. The predicted octanol–water partition coefficient (Wildman–Crippen LogP) is 8.44. The first kappa shape index (κ1) is 32.1. The second-order valence-corrected chi connectivity index (χ2v) is 12.4. The van der Waals surface area contributed by atoms with Gasteiger partial charge in [0.15, 0.2) is 0 Å². The van der Waals surface area contributed by atoms with Gasteiger partial charge >= 0.3 is 0 Å². The van der Waals surface area contributed by atoms with E-state index in [0.29, 0.717) is 11.3 Å². The minimum atomic E-state index is 0.319. The average Bonchev–Trinajstić information content (AvgIpc) is 2.72. The zero-order valence-corrected chi connectivity index (χ0v) is 24.3. The Balaban J connectivity index is 4.43. The van der Waals surface area contributed by atoms with E-state index in [1.807, 2.05) is 6.08 Å². The molecule has 0 heterocycles. The summed E-state index contributed by atoms with van der Waals surface area (Å²) in [6.45, 7) is 26.0. The zero-order chi connectivity index (χ0) is 25.4. The second-order valence-electron chi connectivity index (χ2n) is 11.3. The molecule has 3 heteroatoms. The molecule has 0 radical (unpaired) electrons. The van der Waals surface area contributed by atoms with Crippen LogP contribution in [0.1, 0.15) is 79.6 Å². The van der Waals surface area contributed by atoms with Crippen LogP contribution in [-0.2, 0) is 0 Å². The monoisotopic (exact) mass is 476 g/mol. The molecule has 0 bridgehead atoms. The molecule has 0 aliphatic heterocycles. The summed E-state index contributed by atoms with van der Waals surface area (Å²) < 4.78 is 0. The van der Waals surface area contributed by atoms with Gasteiger partial charge < -0.3 is 9.80 Å². The third-order valence-electron chi connectivity index (χ3n) is 6.66. The largest absolute Gasteiger partial charge is 0.373 e. The lowest BCUT2D eigenvalue weighted by Gasteiger charge is -2.33. The normalized spacial score (nSPS) is 14.3. The Bertz CT molecular complexity index is 597. The van der Waals surface area contributed by atoms with Crippen molar-refractivity contribution in [3.05, 3.63) is 48.7 Å². The van der Waals surface area contributed by atoms with Crippen LogP contribution in [0.2, 0.25) is 0 Å². The Morgan fingerprint density at radius 2 is 1.67 bits per heavy atom. The van der Waals surface area contributed by atoms with Crippen LogP contribution in [0.4, 0.5) is 0 Å². The number of allylic oxidation sites excluding steroid dienone is 3. The predicted molar refractivity (Wildman–Crippen MR) is 155 cm³/mol. The zero-order valence-electron chi connectivity index (χ0n) is 23.5. The molecule has 0 amide bonds. The molecule has 2 nitrogen and oxygen atoms in total. The molecular formula is C30H56N2S. The number of thioether (sulfide) groups is 1. The van der Waals surface area contributed by atoms with Crippen molar-refractivity contribution in [1.82, 2.24) is 9.80 Å². The fourth-order valence-electron chi connectivity index (χ4n) is 4.12. The van der Waals surface area contributed by atoms with Gasteiger partial charge in [0.2, 0.25) is 0 Å². The van der Waals surface area contributed by atoms with E-state index in [-0.39, 0.29) is 0 Å². The van der Waals surface area contributed by atoms with Crippen LogP contribution in [0.5, 0.6) is 0 Å². The van der Waals surface area contributed by atoms with Crippen molar-refractivity contribution in [2.24, 2.45) is 17.3 Å². The van der Waals surface area contributed by atoms with Crippen LogP contribution in [0, 0.1) is 17.3 Å². The fourth-order valence-corrected chi connectivity index (χ4v) is 5.31. The number of hydrogen-bond donors (Lipinski definition) is 0. The van der Waals surface area contributed by atoms with E-state index in [1.54, 1.807) is 0 Å². The van der Waals surface area contributed by atoms with Gasteiger partial charge in [-0.25, -0.2) is 0 Å². The van der Waals surface area contributed by atoms with Gasteiger partial charge in [-0.2, -0.15) is 11.8 Å². The van der Waals surface area contributed by atoms with Crippen molar-refractivity contribution >= 4 is 11.8 Å². The van der Waals surface area contributed by atoms with E-state index in [4.69, 9.17) is 0 Å². The molecule has 0 rings (SSSR count). The lowest BCUT2D eigenvalue weighted by atomic mass is 9.74. The Kier molecular flexibility index (Phi) is 17.0. The molecule has 0 N–H and O–H groups in total. The van der Waals surface area contributed by atoms with Crippen LogP contribution in [0.25, 0.3) is 0 Å². The molecule has 192 valence electrons. The van der Waals surface area contributed by atoms with E-state index in [0.717, 1.165) is 37.5 Å². The van der Waals surface area contributed by atoms with Crippen molar-refractivity contribution < 1.29 is 0 Å². The fraction of sp³-hybridized carbons (Fsp3) is 0.733. The van der Waals surface area contributed by atoms with Crippen LogP contribution < -0.4 is 0 Å². The summed E-state index contributed by atoms with van der Waals surface area (Å²) in [6.07, 6.45) is 13.2. The molecule has 0 aliphatic carbocycles. The molecule has 0 aromatic carbocycles. The van der Waals surface area contributed by atoms with Crippen molar-refractivity contribution in [1.29, 1.82) is 0 Å². The minimum Gasteiger partial charge on any atom is -0.373 e. The van der Waals surface area contributed by atoms with Crippen LogP contribution in [0.3, 0.4) is 0 Å². The molecule has 0 fully saturated rings. The SMILES string of the molecule is C=C/C(C)=C/CCSCC(CC)CCCCC(CC(=C)CN(C)C(=C)CN(C)C)C(C)(C)C. The van der Waals surface area contributed by atoms with Crippen LogP contribution in [0.15, 0.2) is 48.7 Å². The highest BCUT2D eigenvalue weighted by Gasteiger charge is 2.25. The summed E-state index contributed by atoms with van der Waals surface area (Å²) in [5.74, 6) is 4.08. The smallest absolute Gasteiger partial charge is 0.0380 e. The molecule has 0 saturated carbocycles. The first-order valence-corrected chi connectivity index (χ1v) is 14.1. The number of rotatable bonds is 19. The quantitative estimate of drug-likeness (QED) is 0.105. The number of nitrogens with zero attached hydrogens (tertiary/aromatic N) is 2. The molecule has 0 aromatic heterocycles. The molecule has 0 saturated heterocycles. The maximum Gasteiger partial charge on any atom is 0.0380 e. The molecule has 0 aliphatic rings. The van der Waals surface area contributed by atoms with Gasteiger partial charge in [-0.05, 0) is 75.5 Å². The highest BCUT2D eigenvalue weighted by Crippen LogP contribution is 2.35. The Morgan fingerprint density at radius 1 is 1.03 bits per heavy atom. The van der Waals surface area contributed by atoms with Gasteiger partial charge in [-0.15, -0.1) is 0 Å². The second kappa shape index (κ2) is 17.5. The first-order chi connectivity index (χ1) is 15.4. The summed E-state index contributed by atoms with van der Waals surface area (Å²) in [4.78, 5) is 4.43. The van der Waals surface area contributed by atoms with Gasteiger partial charge in [0.1, 0.15) is 0 Å². The summed E-state index contributed by atoms with van der Waals surface area (Å²) in [7, 11) is 6.32. The third-order valence-corrected chi connectivity index (χ3v) is 7.89. The average molecular weight is 477 g/mol. The van der Waals surface area contributed by atoms with E-state index in [1.165, 1.54) is 54.8 Å². The van der Waals surface area contributed by atoms with Crippen LogP contribution in [-0.4, -0.2) is 55.5 Å². The number of unbranched alkanes of at least 4 members (excludes halogenated alkanes) is 1. The molecule has 2 atom stereocenters. The summed E-state index contributed by atoms with van der Waals surface area (Å²) >= 11 is 2.12. The third kappa shape index (κ3) is 16.4. The minimum absolute atomic E-state index is 0.319. The van der Waals surface area contributed by atoms with Gasteiger partial charge in [0.05, 0.1) is 0 Å². The lowest BCUT2D eigenvalue weighted by Crippen LogP contribution is -2.29. The summed E-state index contributed by atoms with van der Waals surface area (Å²) in [5.41, 5.74) is 4.10. The maximum absolute atomic E-state index is 4.44. The molecule has 2 unspecified atom stereocenters. The standard InChI is InChI=1S/C30H56N2S/c1-12-25(3)17-16-20-33-24-28(13-2)18-14-15-19-29(30(6,7)8)21-26(4)22-32(11)27(5)23-31(9)10/h12,17,28-29H,1,4-5,13-16,18-24H2,2-3,6-11H3/b25-17+. The highest BCUT2D eigenvalue weighted by molar-refractivity contribution is 7.99. The Morgan fingerprint density at radius 3 is 2.21 bits per heavy atom.